The van der Waals surface area contributed by atoms with Crippen molar-refractivity contribution < 1.29 is 9.47 Å². The van der Waals surface area contributed by atoms with Gasteiger partial charge in [0.15, 0.2) is 17.5 Å². The van der Waals surface area contributed by atoms with Crippen LogP contribution in [0.4, 0.5) is 0 Å². The summed E-state index contributed by atoms with van der Waals surface area (Å²) in [5.74, 6) is 2.36. The van der Waals surface area contributed by atoms with E-state index in [9.17, 15) is 0 Å². The number of nitrogens with zero attached hydrogens (tertiary/aromatic N) is 3. The minimum Gasteiger partial charge on any atom is -0.493 e. The summed E-state index contributed by atoms with van der Waals surface area (Å²) < 4.78 is 12.9. The Kier molecular flexibility index (Phi) is 7.01. The second kappa shape index (κ2) is 9.67. The van der Waals surface area contributed by atoms with Crippen LogP contribution in [-0.4, -0.2) is 43.6 Å². The maximum absolute atomic E-state index is 5.56. The minimum absolute atomic E-state index is 0.0575. The van der Waals surface area contributed by atoms with Crippen LogP contribution in [0.3, 0.4) is 0 Å². The van der Waals surface area contributed by atoms with Gasteiger partial charge in [0, 0.05) is 32.3 Å². The number of benzene rings is 1. The van der Waals surface area contributed by atoms with Crippen molar-refractivity contribution in [2.45, 2.75) is 44.1 Å². The number of aliphatic imine (C=N–C) groups is 1. The van der Waals surface area contributed by atoms with E-state index in [1.807, 2.05) is 30.9 Å². The van der Waals surface area contributed by atoms with Crippen molar-refractivity contribution in [3.8, 4) is 11.5 Å². The van der Waals surface area contributed by atoms with Crippen molar-refractivity contribution in [3.05, 3.63) is 41.7 Å². The van der Waals surface area contributed by atoms with Crippen LogP contribution < -0.4 is 20.1 Å². The van der Waals surface area contributed by atoms with Crippen LogP contribution in [0.15, 0.2) is 35.5 Å². The predicted octanol–water partition coefficient (Wildman–Crippen LogP) is 3.00. The zero-order chi connectivity index (χ0) is 20.7. The third-order valence-corrected chi connectivity index (χ3v) is 5.98. The molecule has 7 heteroatoms. The molecule has 1 aliphatic rings. The first kappa shape index (κ1) is 21.0. The molecule has 0 amide bonds. The minimum atomic E-state index is 0.0575. The van der Waals surface area contributed by atoms with Gasteiger partial charge in [0.05, 0.1) is 26.5 Å². The number of hydrogen-bond acceptors (Lipinski definition) is 4. The molecule has 29 heavy (non-hydrogen) atoms. The molecule has 1 aromatic carbocycles. The molecule has 1 fully saturated rings. The van der Waals surface area contributed by atoms with Crippen molar-refractivity contribution in [1.29, 1.82) is 0 Å². The predicted molar refractivity (Wildman–Crippen MR) is 116 cm³/mol. The Morgan fingerprint density at radius 1 is 1.10 bits per heavy atom. The van der Waals surface area contributed by atoms with Gasteiger partial charge in [0.25, 0.3) is 0 Å². The number of aromatic nitrogens is 2. The quantitative estimate of drug-likeness (QED) is 0.553. The largest absolute Gasteiger partial charge is 0.493 e. The first-order valence-electron chi connectivity index (χ1n) is 10.3. The molecule has 0 radical (unpaired) electrons. The number of aryl methyl sites for hydroxylation is 1. The lowest BCUT2D eigenvalue weighted by molar-refractivity contribution is 0.288. The van der Waals surface area contributed by atoms with Crippen LogP contribution in [0.25, 0.3) is 0 Å². The van der Waals surface area contributed by atoms with Gasteiger partial charge in [-0.05, 0) is 36.6 Å². The Morgan fingerprint density at radius 2 is 1.86 bits per heavy atom. The molecular weight excluding hydrogens is 366 g/mol. The van der Waals surface area contributed by atoms with Crippen molar-refractivity contribution in [3.63, 3.8) is 0 Å². The van der Waals surface area contributed by atoms with Gasteiger partial charge in [-0.15, -0.1) is 0 Å². The summed E-state index contributed by atoms with van der Waals surface area (Å²) in [6.07, 6.45) is 7.86. The number of hydrogen-bond donors (Lipinski definition) is 2. The third-order valence-electron chi connectivity index (χ3n) is 5.98. The summed E-state index contributed by atoms with van der Waals surface area (Å²) in [4.78, 5) is 4.41. The molecule has 0 spiro atoms. The van der Waals surface area contributed by atoms with E-state index in [4.69, 9.17) is 9.47 Å². The molecule has 1 aromatic heterocycles. The highest BCUT2D eigenvalue weighted by Gasteiger charge is 2.34. The standard InChI is InChI=1S/C22H33N5O2/c1-23-21(24-15-18-10-13-26-27(18)2)25-16-22(11-6-5-7-12-22)17-8-9-19(28-3)20(14-17)29-4/h8-10,13-14H,5-7,11-12,15-16H2,1-4H3,(H2,23,24,25). The smallest absolute Gasteiger partial charge is 0.191 e. The monoisotopic (exact) mass is 399 g/mol. The van der Waals surface area contributed by atoms with Crippen molar-refractivity contribution >= 4 is 5.96 Å². The molecule has 0 aliphatic heterocycles. The summed E-state index contributed by atoms with van der Waals surface area (Å²) in [7, 11) is 7.12. The van der Waals surface area contributed by atoms with Crippen LogP contribution >= 0.6 is 0 Å². The maximum atomic E-state index is 5.56. The van der Waals surface area contributed by atoms with E-state index in [1.54, 1.807) is 20.4 Å². The topological polar surface area (TPSA) is 72.7 Å². The molecule has 0 atom stereocenters. The highest BCUT2D eigenvalue weighted by atomic mass is 16.5. The Balaban J connectivity index is 1.74. The zero-order valence-corrected chi connectivity index (χ0v) is 18.0. The Morgan fingerprint density at radius 3 is 2.48 bits per heavy atom. The van der Waals surface area contributed by atoms with Gasteiger partial charge < -0.3 is 20.1 Å². The van der Waals surface area contributed by atoms with Crippen LogP contribution in [0.5, 0.6) is 11.5 Å². The van der Waals surface area contributed by atoms with E-state index in [-0.39, 0.29) is 5.41 Å². The molecule has 3 rings (SSSR count). The Hall–Kier alpha value is -2.70. The Bertz CT molecular complexity index is 824. The van der Waals surface area contributed by atoms with Gasteiger partial charge in [-0.2, -0.15) is 5.10 Å². The number of nitrogens with one attached hydrogen (secondary N) is 2. The van der Waals surface area contributed by atoms with Crippen molar-refractivity contribution in [2.24, 2.45) is 12.0 Å². The van der Waals surface area contributed by atoms with Crippen molar-refractivity contribution in [2.75, 3.05) is 27.8 Å². The fraction of sp³-hybridized carbons (Fsp3) is 0.545. The lowest BCUT2D eigenvalue weighted by atomic mass is 9.69. The van der Waals surface area contributed by atoms with E-state index in [2.05, 4.69) is 32.9 Å². The molecule has 2 N–H and O–H groups in total. The number of methoxy groups -OCH3 is 2. The highest BCUT2D eigenvalue weighted by molar-refractivity contribution is 5.79. The summed E-state index contributed by atoms with van der Waals surface area (Å²) in [6, 6.07) is 8.34. The van der Waals surface area contributed by atoms with Gasteiger partial charge in [-0.3, -0.25) is 9.67 Å². The van der Waals surface area contributed by atoms with Crippen LogP contribution in [0.2, 0.25) is 0 Å². The van der Waals surface area contributed by atoms with Crippen LogP contribution in [-0.2, 0) is 19.0 Å². The van der Waals surface area contributed by atoms with E-state index in [1.165, 1.54) is 24.8 Å². The first-order valence-corrected chi connectivity index (χ1v) is 10.3. The molecule has 2 aromatic rings. The summed E-state index contributed by atoms with van der Waals surface area (Å²) in [6.45, 7) is 1.51. The highest BCUT2D eigenvalue weighted by Crippen LogP contribution is 2.42. The second-order valence-corrected chi connectivity index (χ2v) is 7.64. The fourth-order valence-electron chi connectivity index (χ4n) is 4.18. The van der Waals surface area contributed by atoms with Crippen LogP contribution in [0.1, 0.15) is 43.4 Å². The molecule has 7 nitrogen and oxygen atoms in total. The lowest BCUT2D eigenvalue weighted by Gasteiger charge is -2.38. The summed E-state index contributed by atoms with van der Waals surface area (Å²) in [5.41, 5.74) is 2.46. The number of guanidine groups is 1. The average Bonchev–Trinajstić information content (AvgIpc) is 3.18. The molecule has 0 unspecified atom stereocenters. The van der Waals surface area contributed by atoms with E-state index in [0.29, 0.717) is 6.54 Å². The first-order chi connectivity index (χ1) is 14.1. The van der Waals surface area contributed by atoms with E-state index < -0.39 is 0 Å². The molecule has 158 valence electrons. The number of ether oxygens (including phenoxy) is 2. The molecule has 1 saturated carbocycles. The lowest BCUT2D eigenvalue weighted by Crippen LogP contribution is -2.46. The van der Waals surface area contributed by atoms with Gasteiger partial charge in [-0.25, -0.2) is 0 Å². The summed E-state index contributed by atoms with van der Waals surface area (Å²) >= 11 is 0. The molecule has 0 bridgehead atoms. The third kappa shape index (κ3) is 4.83. The Labute approximate surface area is 173 Å². The van der Waals surface area contributed by atoms with Crippen molar-refractivity contribution in [1.82, 2.24) is 20.4 Å². The van der Waals surface area contributed by atoms with Gasteiger partial charge in [0.1, 0.15) is 0 Å². The second-order valence-electron chi connectivity index (χ2n) is 7.64. The van der Waals surface area contributed by atoms with Gasteiger partial charge in [0.2, 0.25) is 0 Å². The van der Waals surface area contributed by atoms with E-state index >= 15 is 0 Å². The SMILES string of the molecule is CN=C(NCc1ccnn1C)NCC1(c2ccc(OC)c(OC)c2)CCCCC1. The fourth-order valence-corrected chi connectivity index (χ4v) is 4.18. The average molecular weight is 400 g/mol. The summed E-state index contributed by atoms with van der Waals surface area (Å²) in [5, 5.41) is 11.2. The van der Waals surface area contributed by atoms with Gasteiger partial charge in [-0.1, -0.05) is 25.3 Å². The molecular formula is C22H33N5O2. The zero-order valence-electron chi connectivity index (χ0n) is 18.0. The molecule has 1 aliphatic carbocycles. The van der Waals surface area contributed by atoms with Crippen LogP contribution in [0, 0.1) is 0 Å². The van der Waals surface area contributed by atoms with Gasteiger partial charge >= 0.3 is 0 Å². The molecule has 0 saturated heterocycles. The normalized spacial score (nSPS) is 16.3. The molecule has 1 heterocycles. The number of rotatable bonds is 7. The van der Waals surface area contributed by atoms with E-state index in [0.717, 1.165) is 42.5 Å². The maximum Gasteiger partial charge on any atom is 0.191 e.